The number of aromatic amines is 1. The second-order valence-electron chi connectivity index (χ2n) is 5.13. The highest BCUT2D eigenvalue weighted by atomic mass is 32.1. The molecule has 7 heteroatoms. The number of rotatable bonds is 5. The van der Waals surface area contributed by atoms with E-state index in [-0.39, 0.29) is 5.91 Å². The first kappa shape index (κ1) is 14.8. The van der Waals surface area contributed by atoms with E-state index in [4.69, 9.17) is 17.0 Å². The number of fused-ring (bicyclic) bond motifs is 1. The summed E-state index contributed by atoms with van der Waals surface area (Å²) in [5.74, 6) is 1.70. The Morgan fingerprint density at radius 2 is 2.41 bits per heavy atom. The smallest absolute Gasteiger partial charge is 0.251 e. The molecule has 22 heavy (non-hydrogen) atoms. The van der Waals surface area contributed by atoms with E-state index < -0.39 is 0 Å². The maximum absolute atomic E-state index is 12.2. The van der Waals surface area contributed by atoms with Crippen molar-refractivity contribution in [2.24, 2.45) is 0 Å². The lowest BCUT2D eigenvalue weighted by atomic mass is 10.1. The maximum Gasteiger partial charge on any atom is 0.251 e. The number of nitrogens with one attached hydrogen (secondary N) is 2. The van der Waals surface area contributed by atoms with Crippen molar-refractivity contribution >= 4 is 18.1 Å². The van der Waals surface area contributed by atoms with E-state index in [1.807, 2.05) is 23.6 Å². The Bertz CT molecular complexity index is 750. The minimum Gasteiger partial charge on any atom is -0.493 e. The molecule has 1 aromatic carbocycles. The number of nitrogens with zero attached hydrogens (tertiary/aromatic N) is 2. The third-order valence-corrected chi connectivity index (χ3v) is 4.04. The number of ether oxygens (including phenoxy) is 1. The molecule has 1 aliphatic rings. The highest BCUT2D eigenvalue weighted by molar-refractivity contribution is 7.71. The van der Waals surface area contributed by atoms with Gasteiger partial charge in [0, 0.05) is 31.5 Å². The molecule has 0 saturated heterocycles. The third-order valence-electron chi connectivity index (χ3n) is 3.73. The van der Waals surface area contributed by atoms with E-state index in [0.717, 1.165) is 30.0 Å². The molecule has 0 spiro atoms. The molecule has 0 fully saturated rings. The van der Waals surface area contributed by atoms with Crippen LogP contribution < -0.4 is 10.1 Å². The topological polar surface area (TPSA) is 71.9 Å². The van der Waals surface area contributed by atoms with Crippen LogP contribution in [0.1, 0.15) is 28.7 Å². The molecule has 1 aromatic heterocycles. The van der Waals surface area contributed by atoms with Gasteiger partial charge in [-0.3, -0.25) is 9.89 Å². The van der Waals surface area contributed by atoms with Gasteiger partial charge in [0.1, 0.15) is 11.6 Å². The standard InChI is InChI=1S/C15H18N4O2S/c1-2-13-17-18-15(22)19(13)7-6-16-14(20)11-3-4-12-10(9-11)5-8-21-12/h3-4,9H,2,5-8H2,1H3,(H,16,20)(H,18,22). The Labute approximate surface area is 133 Å². The summed E-state index contributed by atoms with van der Waals surface area (Å²) >= 11 is 5.18. The Morgan fingerprint density at radius 1 is 1.55 bits per heavy atom. The Balaban J connectivity index is 1.61. The van der Waals surface area contributed by atoms with Crippen LogP contribution in [-0.4, -0.2) is 33.8 Å². The van der Waals surface area contributed by atoms with E-state index in [1.165, 1.54) is 0 Å². The minimum absolute atomic E-state index is 0.0808. The lowest BCUT2D eigenvalue weighted by Gasteiger charge is -2.08. The van der Waals surface area contributed by atoms with Crippen LogP contribution in [0.4, 0.5) is 0 Å². The first-order chi connectivity index (χ1) is 10.7. The van der Waals surface area contributed by atoms with E-state index in [9.17, 15) is 4.79 Å². The van der Waals surface area contributed by atoms with Gasteiger partial charge in [0.05, 0.1) is 6.61 Å². The fourth-order valence-corrected chi connectivity index (χ4v) is 2.80. The van der Waals surface area contributed by atoms with E-state index in [1.54, 1.807) is 6.07 Å². The molecule has 0 atom stereocenters. The number of aromatic nitrogens is 3. The molecule has 6 nitrogen and oxygen atoms in total. The quantitative estimate of drug-likeness (QED) is 0.826. The van der Waals surface area contributed by atoms with Gasteiger partial charge in [-0.15, -0.1) is 0 Å². The summed E-state index contributed by atoms with van der Waals surface area (Å²) in [4.78, 5) is 12.2. The summed E-state index contributed by atoms with van der Waals surface area (Å²) in [6.07, 6.45) is 1.66. The number of amides is 1. The molecular weight excluding hydrogens is 300 g/mol. The molecule has 1 aliphatic heterocycles. The molecule has 2 heterocycles. The number of carbonyl (C=O) groups excluding carboxylic acids is 1. The summed E-state index contributed by atoms with van der Waals surface area (Å²) in [7, 11) is 0. The second kappa shape index (κ2) is 6.31. The molecular formula is C15H18N4O2S. The highest BCUT2D eigenvalue weighted by Gasteiger charge is 2.14. The molecule has 0 bridgehead atoms. The fourth-order valence-electron chi connectivity index (χ4n) is 2.56. The predicted octanol–water partition coefficient (Wildman–Crippen LogP) is 1.87. The van der Waals surface area contributed by atoms with E-state index in [0.29, 0.717) is 30.0 Å². The van der Waals surface area contributed by atoms with Crippen molar-refractivity contribution < 1.29 is 9.53 Å². The third kappa shape index (κ3) is 2.89. The van der Waals surface area contributed by atoms with Crippen molar-refractivity contribution in [1.82, 2.24) is 20.1 Å². The highest BCUT2D eigenvalue weighted by Crippen LogP contribution is 2.25. The van der Waals surface area contributed by atoms with Gasteiger partial charge in [-0.25, -0.2) is 0 Å². The second-order valence-corrected chi connectivity index (χ2v) is 5.51. The first-order valence-electron chi connectivity index (χ1n) is 7.37. The zero-order chi connectivity index (χ0) is 15.5. The molecule has 116 valence electrons. The van der Waals surface area contributed by atoms with Crippen LogP contribution in [0, 0.1) is 4.77 Å². The largest absolute Gasteiger partial charge is 0.493 e. The zero-order valence-electron chi connectivity index (χ0n) is 12.4. The predicted molar refractivity (Wildman–Crippen MR) is 84.8 cm³/mol. The molecule has 1 amide bonds. The number of H-pyrrole nitrogens is 1. The summed E-state index contributed by atoms with van der Waals surface area (Å²) < 4.78 is 7.94. The number of benzene rings is 1. The van der Waals surface area contributed by atoms with Gasteiger partial charge in [0.15, 0.2) is 4.77 Å². The van der Waals surface area contributed by atoms with Gasteiger partial charge < -0.3 is 14.6 Å². The van der Waals surface area contributed by atoms with Crippen molar-refractivity contribution in [3.63, 3.8) is 0 Å². The van der Waals surface area contributed by atoms with Crippen LogP contribution in [0.3, 0.4) is 0 Å². The van der Waals surface area contributed by atoms with Gasteiger partial charge in [-0.1, -0.05) is 6.92 Å². The lowest BCUT2D eigenvalue weighted by molar-refractivity contribution is 0.0952. The van der Waals surface area contributed by atoms with Crippen LogP contribution >= 0.6 is 12.2 Å². The minimum atomic E-state index is -0.0808. The Kier molecular flexibility index (Phi) is 4.24. The van der Waals surface area contributed by atoms with E-state index >= 15 is 0 Å². The molecule has 0 unspecified atom stereocenters. The van der Waals surface area contributed by atoms with Crippen LogP contribution in [-0.2, 0) is 19.4 Å². The Morgan fingerprint density at radius 3 is 3.23 bits per heavy atom. The molecule has 2 N–H and O–H groups in total. The van der Waals surface area contributed by atoms with Gasteiger partial charge in [-0.2, -0.15) is 5.10 Å². The van der Waals surface area contributed by atoms with Crippen LogP contribution in [0.2, 0.25) is 0 Å². The van der Waals surface area contributed by atoms with Crippen molar-refractivity contribution in [2.75, 3.05) is 13.2 Å². The van der Waals surface area contributed by atoms with Gasteiger partial charge in [0.2, 0.25) is 0 Å². The molecule has 3 rings (SSSR count). The van der Waals surface area contributed by atoms with Crippen LogP contribution in [0.15, 0.2) is 18.2 Å². The molecule has 2 aromatic rings. The fraction of sp³-hybridized carbons (Fsp3) is 0.400. The zero-order valence-corrected chi connectivity index (χ0v) is 13.2. The van der Waals surface area contributed by atoms with Crippen molar-refractivity contribution in [1.29, 1.82) is 0 Å². The van der Waals surface area contributed by atoms with Crippen molar-refractivity contribution in [2.45, 2.75) is 26.3 Å². The van der Waals surface area contributed by atoms with Gasteiger partial charge >= 0.3 is 0 Å². The summed E-state index contributed by atoms with van der Waals surface area (Å²) in [5.41, 5.74) is 1.76. The first-order valence-corrected chi connectivity index (χ1v) is 7.78. The number of aryl methyl sites for hydroxylation is 1. The molecule has 0 radical (unpaired) electrons. The van der Waals surface area contributed by atoms with Gasteiger partial charge in [-0.05, 0) is 36.0 Å². The average molecular weight is 318 g/mol. The Hall–Kier alpha value is -2.15. The molecule has 0 saturated carbocycles. The SMILES string of the molecule is CCc1n[nH]c(=S)n1CCNC(=O)c1ccc2c(c1)CCO2. The summed E-state index contributed by atoms with van der Waals surface area (Å²) in [6, 6.07) is 5.55. The van der Waals surface area contributed by atoms with Crippen molar-refractivity contribution in [3.8, 4) is 5.75 Å². The van der Waals surface area contributed by atoms with Crippen molar-refractivity contribution in [3.05, 3.63) is 39.9 Å². The lowest BCUT2D eigenvalue weighted by Crippen LogP contribution is -2.27. The molecule has 0 aliphatic carbocycles. The maximum atomic E-state index is 12.2. The average Bonchev–Trinajstić information content (AvgIpc) is 3.13. The number of hydrogen-bond donors (Lipinski definition) is 2. The van der Waals surface area contributed by atoms with Crippen LogP contribution in [0.25, 0.3) is 0 Å². The van der Waals surface area contributed by atoms with E-state index in [2.05, 4.69) is 15.5 Å². The normalized spacial score (nSPS) is 12.8. The number of hydrogen-bond acceptors (Lipinski definition) is 4. The van der Waals surface area contributed by atoms with Crippen LogP contribution in [0.5, 0.6) is 5.75 Å². The summed E-state index contributed by atoms with van der Waals surface area (Å²) in [5, 5.41) is 9.84. The monoisotopic (exact) mass is 318 g/mol. The number of carbonyl (C=O) groups is 1. The van der Waals surface area contributed by atoms with Gasteiger partial charge in [0.25, 0.3) is 5.91 Å². The summed E-state index contributed by atoms with van der Waals surface area (Å²) in [6.45, 7) is 3.83.